The number of nitrogens with one attached hydrogen (secondary N) is 2. The maximum absolute atomic E-state index is 12.5. The van der Waals surface area contributed by atoms with Crippen LogP contribution < -0.4 is 20.1 Å². The van der Waals surface area contributed by atoms with Crippen LogP contribution in [0.4, 0.5) is 16.2 Å². The quantitative estimate of drug-likeness (QED) is 0.349. The van der Waals surface area contributed by atoms with Crippen molar-refractivity contribution in [2.24, 2.45) is 0 Å². The van der Waals surface area contributed by atoms with Gasteiger partial charge in [0.05, 0.1) is 30.6 Å². The zero-order valence-corrected chi connectivity index (χ0v) is 18.4. The molecule has 4 aromatic rings. The lowest BCUT2D eigenvalue weighted by atomic mass is 10.1. The molecule has 1 heterocycles. The third-order valence-corrected chi connectivity index (χ3v) is 5.04. The Hall–Kier alpha value is -3.77. The number of carbonyl (C=O) groups excluding carboxylic acids is 1. The fraction of sp³-hybridized carbons (Fsp3) is 0.120. The Labute approximate surface area is 191 Å². The summed E-state index contributed by atoms with van der Waals surface area (Å²) >= 11 is 6.15. The first-order chi connectivity index (χ1) is 15.6. The second-order valence-electron chi connectivity index (χ2n) is 6.96. The maximum Gasteiger partial charge on any atom is 0.323 e. The van der Waals surface area contributed by atoms with Crippen LogP contribution in [0.15, 0.2) is 72.8 Å². The second kappa shape index (κ2) is 9.58. The Morgan fingerprint density at radius 2 is 1.81 bits per heavy atom. The molecule has 3 aromatic carbocycles. The number of rotatable bonds is 6. The van der Waals surface area contributed by atoms with E-state index in [1.807, 2.05) is 61.5 Å². The van der Waals surface area contributed by atoms with Gasteiger partial charge < -0.3 is 20.1 Å². The largest absolute Gasteiger partial charge is 0.495 e. The van der Waals surface area contributed by atoms with Gasteiger partial charge in [-0.3, -0.25) is 0 Å². The molecule has 0 aliphatic carbocycles. The Morgan fingerprint density at radius 3 is 2.59 bits per heavy atom. The zero-order valence-electron chi connectivity index (χ0n) is 17.7. The van der Waals surface area contributed by atoms with Crippen LogP contribution in [0, 0.1) is 0 Å². The summed E-state index contributed by atoms with van der Waals surface area (Å²) in [5, 5.41) is 7.09. The summed E-state index contributed by atoms with van der Waals surface area (Å²) in [4.78, 5) is 17.3. The number of benzene rings is 3. The Morgan fingerprint density at radius 1 is 0.969 bits per heavy atom. The van der Waals surface area contributed by atoms with Crippen LogP contribution in [0.2, 0.25) is 5.02 Å². The number of anilines is 2. The molecule has 0 aliphatic heterocycles. The molecule has 7 heteroatoms. The minimum absolute atomic E-state index is 0.379. The molecule has 0 spiro atoms. The van der Waals surface area contributed by atoms with E-state index in [-0.39, 0.29) is 6.03 Å². The predicted molar refractivity (Wildman–Crippen MR) is 129 cm³/mol. The summed E-state index contributed by atoms with van der Waals surface area (Å²) < 4.78 is 11.2. The molecular formula is C25H22ClN3O3. The number of para-hydroxylation sites is 2. The van der Waals surface area contributed by atoms with Crippen molar-refractivity contribution in [1.82, 2.24) is 4.98 Å². The number of hydrogen-bond acceptors (Lipinski definition) is 4. The molecule has 0 aliphatic rings. The van der Waals surface area contributed by atoms with Crippen LogP contribution in [-0.4, -0.2) is 24.7 Å². The smallest absolute Gasteiger partial charge is 0.323 e. The topological polar surface area (TPSA) is 72.5 Å². The molecule has 0 saturated carbocycles. The van der Waals surface area contributed by atoms with Crippen LogP contribution in [-0.2, 0) is 0 Å². The molecule has 0 bridgehead atoms. The van der Waals surface area contributed by atoms with Crippen molar-refractivity contribution in [3.63, 3.8) is 0 Å². The normalized spacial score (nSPS) is 10.6. The fourth-order valence-corrected chi connectivity index (χ4v) is 3.57. The molecule has 6 nitrogen and oxygen atoms in total. The molecule has 162 valence electrons. The number of halogens is 1. The van der Waals surface area contributed by atoms with Crippen LogP contribution >= 0.6 is 11.6 Å². The molecule has 0 fully saturated rings. The molecule has 1 aromatic heterocycles. The van der Waals surface area contributed by atoms with Gasteiger partial charge in [-0.1, -0.05) is 35.9 Å². The lowest BCUT2D eigenvalue weighted by molar-refractivity contribution is 0.262. The predicted octanol–water partition coefficient (Wildman–Crippen LogP) is 6.61. The first-order valence-electron chi connectivity index (χ1n) is 10.1. The van der Waals surface area contributed by atoms with Gasteiger partial charge in [-0.05, 0) is 49.4 Å². The summed E-state index contributed by atoms with van der Waals surface area (Å²) in [7, 11) is 1.56. The highest BCUT2D eigenvalue weighted by atomic mass is 35.5. The number of urea groups is 1. The average molecular weight is 448 g/mol. The minimum Gasteiger partial charge on any atom is -0.495 e. The Bertz CT molecular complexity index is 1280. The average Bonchev–Trinajstić information content (AvgIpc) is 2.79. The summed E-state index contributed by atoms with van der Waals surface area (Å²) in [6.07, 6.45) is 0. The third kappa shape index (κ3) is 4.76. The molecule has 2 amide bonds. The number of pyridine rings is 1. The summed E-state index contributed by atoms with van der Waals surface area (Å²) in [5.74, 6) is 1.26. The van der Waals surface area contributed by atoms with Crippen molar-refractivity contribution in [3.05, 3.63) is 77.8 Å². The molecule has 2 N–H and O–H groups in total. The van der Waals surface area contributed by atoms with E-state index in [4.69, 9.17) is 26.1 Å². The highest BCUT2D eigenvalue weighted by Crippen LogP contribution is 2.33. The SMILES string of the molecule is CCOc1cc(-c2cccc(Cl)c2)nc2ccc(NC(=O)Nc3ccccc3OC)cc12. The number of aromatic nitrogens is 1. The minimum atomic E-state index is -0.379. The second-order valence-corrected chi connectivity index (χ2v) is 7.40. The monoisotopic (exact) mass is 447 g/mol. The van der Waals surface area contributed by atoms with Gasteiger partial charge in [0.25, 0.3) is 0 Å². The van der Waals surface area contributed by atoms with Crippen LogP contribution in [0.3, 0.4) is 0 Å². The van der Waals surface area contributed by atoms with E-state index < -0.39 is 0 Å². The van der Waals surface area contributed by atoms with Crippen molar-refractivity contribution in [2.75, 3.05) is 24.4 Å². The van der Waals surface area contributed by atoms with E-state index in [2.05, 4.69) is 10.6 Å². The molecule has 0 radical (unpaired) electrons. The van der Waals surface area contributed by atoms with Crippen molar-refractivity contribution < 1.29 is 14.3 Å². The third-order valence-electron chi connectivity index (χ3n) is 4.80. The number of carbonyl (C=O) groups is 1. The lowest BCUT2D eigenvalue weighted by Gasteiger charge is -2.13. The Balaban J connectivity index is 1.63. The van der Waals surface area contributed by atoms with Crippen LogP contribution in [0.1, 0.15) is 6.92 Å². The van der Waals surface area contributed by atoms with E-state index in [0.717, 1.165) is 22.2 Å². The van der Waals surface area contributed by atoms with E-state index in [1.54, 1.807) is 25.3 Å². The maximum atomic E-state index is 12.5. The highest BCUT2D eigenvalue weighted by molar-refractivity contribution is 6.30. The molecule has 4 rings (SSSR count). The molecule has 0 saturated heterocycles. The number of nitrogens with zero attached hydrogens (tertiary/aromatic N) is 1. The molecule has 0 unspecified atom stereocenters. The Kier molecular flexibility index (Phi) is 6.42. The van der Waals surface area contributed by atoms with Gasteiger partial charge in [0.1, 0.15) is 11.5 Å². The van der Waals surface area contributed by atoms with Gasteiger partial charge in [-0.25, -0.2) is 9.78 Å². The van der Waals surface area contributed by atoms with E-state index >= 15 is 0 Å². The number of methoxy groups -OCH3 is 1. The van der Waals surface area contributed by atoms with Crippen LogP contribution in [0.5, 0.6) is 11.5 Å². The van der Waals surface area contributed by atoms with Crippen molar-refractivity contribution in [2.45, 2.75) is 6.92 Å². The zero-order chi connectivity index (χ0) is 22.5. The first-order valence-corrected chi connectivity index (χ1v) is 10.5. The van der Waals surface area contributed by atoms with Gasteiger partial charge in [-0.2, -0.15) is 0 Å². The summed E-state index contributed by atoms with van der Waals surface area (Å²) in [6, 6.07) is 21.7. The van der Waals surface area contributed by atoms with Crippen molar-refractivity contribution in [1.29, 1.82) is 0 Å². The fourth-order valence-electron chi connectivity index (χ4n) is 3.38. The van der Waals surface area contributed by atoms with Gasteiger partial charge in [-0.15, -0.1) is 0 Å². The number of amides is 2. The number of ether oxygens (including phenoxy) is 2. The molecule has 0 atom stereocenters. The highest BCUT2D eigenvalue weighted by Gasteiger charge is 2.12. The molecule has 32 heavy (non-hydrogen) atoms. The van der Waals surface area contributed by atoms with E-state index in [9.17, 15) is 4.79 Å². The summed E-state index contributed by atoms with van der Waals surface area (Å²) in [5.41, 5.74) is 3.61. The van der Waals surface area contributed by atoms with Gasteiger partial charge in [0.15, 0.2) is 0 Å². The van der Waals surface area contributed by atoms with Crippen LogP contribution in [0.25, 0.3) is 22.2 Å². The standard InChI is InChI=1S/C25H22ClN3O3/c1-3-32-24-15-22(16-7-6-8-17(26)13-16)28-20-12-11-18(14-19(20)24)27-25(30)29-21-9-4-5-10-23(21)31-2/h4-15H,3H2,1-2H3,(H2,27,29,30). The molecular weight excluding hydrogens is 426 g/mol. The summed E-state index contributed by atoms with van der Waals surface area (Å²) in [6.45, 7) is 2.42. The van der Waals surface area contributed by atoms with Crippen molar-refractivity contribution >= 4 is 39.9 Å². The number of hydrogen-bond donors (Lipinski definition) is 2. The van der Waals surface area contributed by atoms with Gasteiger partial charge >= 0.3 is 6.03 Å². The van der Waals surface area contributed by atoms with Gasteiger partial charge in [0.2, 0.25) is 0 Å². The number of fused-ring (bicyclic) bond motifs is 1. The van der Waals surface area contributed by atoms with Gasteiger partial charge in [0, 0.05) is 27.7 Å². The van der Waals surface area contributed by atoms with Crippen molar-refractivity contribution in [3.8, 4) is 22.8 Å². The van der Waals surface area contributed by atoms with E-state index in [1.165, 1.54) is 0 Å². The first kappa shape index (κ1) is 21.5. The van der Waals surface area contributed by atoms with E-state index in [0.29, 0.717) is 34.5 Å². The lowest BCUT2D eigenvalue weighted by Crippen LogP contribution is -2.19.